The van der Waals surface area contributed by atoms with Crippen LogP contribution in [0.25, 0.3) is 0 Å². The van der Waals surface area contributed by atoms with E-state index in [0.29, 0.717) is 24.6 Å². The molecule has 0 bridgehead atoms. The topological polar surface area (TPSA) is 64.1 Å². The van der Waals surface area contributed by atoms with E-state index in [1.807, 2.05) is 38.1 Å². The monoisotopic (exact) mass is 291 g/mol. The van der Waals surface area contributed by atoms with Crippen molar-refractivity contribution < 1.29 is 9.53 Å². The summed E-state index contributed by atoms with van der Waals surface area (Å²) in [4.78, 5) is 11.7. The number of para-hydroxylation sites is 1. The molecule has 0 unspecified atom stereocenters. The Morgan fingerprint density at radius 2 is 2.10 bits per heavy atom. The Hall–Kier alpha value is -1.95. The van der Waals surface area contributed by atoms with Gasteiger partial charge in [0.1, 0.15) is 10.8 Å². The molecule has 5 nitrogen and oxygen atoms in total. The number of hydrogen-bond acceptors (Lipinski definition) is 5. The fourth-order valence-electron chi connectivity index (χ4n) is 1.66. The van der Waals surface area contributed by atoms with Crippen LogP contribution in [0.2, 0.25) is 0 Å². The van der Waals surface area contributed by atoms with Crippen molar-refractivity contribution in [3.63, 3.8) is 0 Å². The number of benzene rings is 1. The van der Waals surface area contributed by atoms with Crippen LogP contribution in [-0.2, 0) is 4.79 Å². The van der Waals surface area contributed by atoms with Crippen LogP contribution < -0.4 is 10.1 Å². The van der Waals surface area contributed by atoms with Crippen LogP contribution in [0.5, 0.6) is 5.75 Å². The molecular formula is C14H17N3O2S. The summed E-state index contributed by atoms with van der Waals surface area (Å²) >= 11 is 1.37. The Balaban J connectivity index is 1.68. The molecule has 0 spiro atoms. The first kappa shape index (κ1) is 14.5. The Morgan fingerprint density at radius 3 is 2.80 bits per heavy atom. The summed E-state index contributed by atoms with van der Waals surface area (Å²) in [7, 11) is 0. The van der Waals surface area contributed by atoms with E-state index in [1.165, 1.54) is 11.3 Å². The largest absolute Gasteiger partial charge is 0.493 e. The Kier molecular flexibility index (Phi) is 5.06. The number of ether oxygens (including phenoxy) is 1. The van der Waals surface area contributed by atoms with E-state index in [1.54, 1.807) is 0 Å². The lowest BCUT2D eigenvalue weighted by Crippen LogP contribution is -2.12. The minimum absolute atomic E-state index is 0.0606. The second-order valence-corrected chi connectivity index (χ2v) is 5.57. The van der Waals surface area contributed by atoms with Crippen LogP contribution in [0.15, 0.2) is 24.3 Å². The number of aromatic nitrogens is 2. The molecule has 0 saturated heterocycles. The SMILES string of the molecule is Cc1nnc(NC(=O)CCCOc2ccccc2C)s1. The maximum absolute atomic E-state index is 11.7. The van der Waals surface area contributed by atoms with Gasteiger partial charge in [-0.15, -0.1) is 10.2 Å². The fraction of sp³-hybridized carbons (Fsp3) is 0.357. The highest BCUT2D eigenvalue weighted by molar-refractivity contribution is 7.15. The predicted molar refractivity (Wildman–Crippen MR) is 79.2 cm³/mol. The summed E-state index contributed by atoms with van der Waals surface area (Å²) in [5, 5.41) is 11.8. The van der Waals surface area contributed by atoms with Gasteiger partial charge in [0.15, 0.2) is 0 Å². The molecule has 2 rings (SSSR count). The minimum atomic E-state index is -0.0606. The van der Waals surface area contributed by atoms with Gasteiger partial charge in [0.25, 0.3) is 0 Å². The molecule has 0 radical (unpaired) electrons. The number of aryl methyl sites for hydroxylation is 2. The van der Waals surface area contributed by atoms with Crippen LogP contribution in [0.3, 0.4) is 0 Å². The van der Waals surface area contributed by atoms with Crippen molar-refractivity contribution in [3.8, 4) is 5.75 Å². The molecule has 0 fully saturated rings. The van der Waals surface area contributed by atoms with Gasteiger partial charge in [0.05, 0.1) is 6.61 Å². The molecule has 2 aromatic rings. The van der Waals surface area contributed by atoms with E-state index >= 15 is 0 Å². The zero-order valence-corrected chi connectivity index (χ0v) is 12.4. The Morgan fingerprint density at radius 1 is 1.30 bits per heavy atom. The molecule has 106 valence electrons. The van der Waals surface area contributed by atoms with Gasteiger partial charge in [0, 0.05) is 6.42 Å². The van der Waals surface area contributed by atoms with E-state index in [0.717, 1.165) is 16.3 Å². The highest BCUT2D eigenvalue weighted by Crippen LogP contribution is 2.17. The number of nitrogens with one attached hydrogen (secondary N) is 1. The van der Waals surface area contributed by atoms with Gasteiger partial charge in [-0.05, 0) is 31.9 Å². The molecule has 0 atom stereocenters. The first-order valence-electron chi connectivity index (χ1n) is 6.43. The van der Waals surface area contributed by atoms with Crippen molar-refractivity contribution in [1.82, 2.24) is 10.2 Å². The average molecular weight is 291 g/mol. The number of carbonyl (C=O) groups is 1. The lowest BCUT2D eigenvalue weighted by atomic mass is 10.2. The van der Waals surface area contributed by atoms with Crippen LogP contribution in [0.4, 0.5) is 5.13 Å². The molecule has 0 aliphatic rings. The number of carbonyl (C=O) groups excluding carboxylic acids is 1. The molecule has 1 aromatic carbocycles. The average Bonchev–Trinajstić information content (AvgIpc) is 2.82. The first-order valence-corrected chi connectivity index (χ1v) is 7.25. The van der Waals surface area contributed by atoms with Crippen molar-refractivity contribution in [2.24, 2.45) is 0 Å². The lowest BCUT2D eigenvalue weighted by Gasteiger charge is -2.08. The highest BCUT2D eigenvalue weighted by Gasteiger charge is 2.06. The molecule has 0 aliphatic carbocycles. The third-order valence-corrected chi connectivity index (χ3v) is 3.43. The van der Waals surface area contributed by atoms with E-state index in [2.05, 4.69) is 15.5 Å². The predicted octanol–water partition coefficient (Wildman–Crippen LogP) is 2.95. The molecule has 1 heterocycles. The summed E-state index contributed by atoms with van der Waals surface area (Å²) < 4.78 is 5.64. The Labute approximate surface area is 122 Å². The lowest BCUT2D eigenvalue weighted by molar-refractivity contribution is -0.116. The third kappa shape index (κ3) is 4.31. The molecule has 1 amide bonds. The van der Waals surface area contributed by atoms with Crippen LogP contribution in [-0.4, -0.2) is 22.7 Å². The first-order chi connectivity index (χ1) is 9.65. The van der Waals surface area contributed by atoms with Gasteiger partial charge >= 0.3 is 0 Å². The molecule has 1 aromatic heterocycles. The van der Waals surface area contributed by atoms with Crippen LogP contribution in [0.1, 0.15) is 23.4 Å². The maximum Gasteiger partial charge on any atom is 0.226 e. The number of amides is 1. The van der Waals surface area contributed by atoms with E-state index in [9.17, 15) is 4.79 Å². The molecule has 20 heavy (non-hydrogen) atoms. The number of nitrogens with zero attached hydrogens (tertiary/aromatic N) is 2. The van der Waals surface area contributed by atoms with Gasteiger partial charge in [0.2, 0.25) is 11.0 Å². The smallest absolute Gasteiger partial charge is 0.226 e. The van der Waals surface area contributed by atoms with Crippen molar-refractivity contribution >= 4 is 22.4 Å². The van der Waals surface area contributed by atoms with Gasteiger partial charge in [-0.25, -0.2) is 0 Å². The van der Waals surface area contributed by atoms with Crippen molar-refractivity contribution in [1.29, 1.82) is 0 Å². The van der Waals surface area contributed by atoms with Gasteiger partial charge in [-0.2, -0.15) is 0 Å². The second kappa shape index (κ2) is 7.00. The third-order valence-electron chi connectivity index (χ3n) is 2.67. The zero-order valence-electron chi connectivity index (χ0n) is 11.5. The zero-order chi connectivity index (χ0) is 14.4. The summed E-state index contributed by atoms with van der Waals surface area (Å²) in [6.45, 7) is 4.37. The van der Waals surface area contributed by atoms with Crippen LogP contribution in [0, 0.1) is 13.8 Å². The maximum atomic E-state index is 11.7. The van der Waals surface area contributed by atoms with Gasteiger partial charge in [-0.1, -0.05) is 29.5 Å². The summed E-state index contributed by atoms with van der Waals surface area (Å²) in [6.07, 6.45) is 1.07. The molecule has 0 saturated carbocycles. The summed E-state index contributed by atoms with van der Waals surface area (Å²) in [6, 6.07) is 7.84. The number of rotatable bonds is 6. The molecule has 0 aliphatic heterocycles. The normalized spacial score (nSPS) is 10.3. The van der Waals surface area contributed by atoms with Crippen molar-refractivity contribution in [2.75, 3.05) is 11.9 Å². The van der Waals surface area contributed by atoms with Crippen molar-refractivity contribution in [2.45, 2.75) is 26.7 Å². The summed E-state index contributed by atoms with van der Waals surface area (Å²) in [5.74, 6) is 0.808. The fourth-order valence-corrected chi connectivity index (χ4v) is 2.27. The standard InChI is InChI=1S/C14H17N3O2S/c1-10-6-3-4-7-12(10)19-9-5-8-13(18)15-14-17-16-11(2)20-14/h3-4,6-7H,5,8-9H2,1-2H3,(H,15,17,18). The molecule has 1 N–H and O–H groups in total. The number of hydrogen-bond donors (Lipinski definition) is 1. The van der Waals surface area contributed by atoms with E-state index in [4.69, 9.17) is 4.74 Å². The minimum Gasteiger partial charge on any atom is -0.493 e. The van der Waals surface area contributed by atoms with Crippen LogP contribution >= 0.6 is 11.3 Å². The van der Waals surface area contributed by atoms with Gasteiger partial charge < -0.3 is 10.1 Å². The summed E-state index contributed by atoms with van der Waals surface area (Å²) in [5.41, 5.74) is 1.10. The molecular weight excluding hydrogens is 274 g/mol. The van der Waals surface area contributed by atoms with E-state index in [-0.39, 0.29) is 5.91 Å². The quantitative estimate of drug-likeness (QED) is 0.831. The van der Waals surface area contributed by atoms with Gasteiger partial charge in [-0.3, -0.25) is 4.79 Å². The Bertz CT molecular complexity index is 583. The van der Waals surface area contributed by atoms with Crippen molar-refractivity contribution in [3.05, 3.63) is 34.8 Å². The number of anilines is 1. The van der Waals surface area contributed by atoms with E-state index < -0.39 is 0 Å². The molecule has 6 heteroatoms. The second-order valence-electron chi connectivity index (χ2n) is 4.39. The highest BCUT2D eigenvalue weighted by atomic mass is 32.1.